The molecule has 4 nitrogen and oxygen atoms in total. The van der Waals surface area contributed by atoms with Gasteiger partial charge in [-0.3, -0.25) is 4.98 Å². The minimum atomic E-state index is -0.142. The Morgan fingerprint density at radius 3 is 2.45 bits per heavy atom. The summed E-state index contributed by atoms with van der Waals surface area (Å²) < 4.78 is 6.35. The standard InChI is InChI=1S/C25H21N3OS2/c1-17-10-12-19(13-11-17)31-22-15-14-21(29-22)24-23(20-9-5-6-16-26-20)27-25(30)28(24)18-7-3-2-4-8-18/h2-16,23-24H,1H3,(H,27,30)/t23-,24-/m0/s1. The van der Waals surface area contributed by atoms with Crippen LogP contribution in [0.1, 0.15) is 29.1 Å². The summed E-state index contributed by atoms with van der Waals surface area (Å²) in [4.78, 5) is 7.85. The number of anilines is 1. The van der Waals surface area contributed by atoms with E-state index in [2.05, 4.69) is 58.5 Å². The fourth-order valence-corrected chi connectivity index (χ4v) is 4.91. The van der Waals surface area contributed by atoms with E-state index < -0.39 is 0 Å². The first-order valence-electron chi connectivity index (χ1n) is 10.1. The lowest BCUT2D eigenvalue weighted by Crippen LogP contribution is -2.29. The van der Waals surface area contributed by atoms with Gasteiger partial charge in [0.1, 0.15) is 11.8 Å². The summed E-state index contributed by atoms with van der Waals surface area (Å²) in [5.74, 6) is 0.849. The lowest BCUT2D eigenvalue weighted by Gasteiger charge is -2.26. The molecule has 0 radical (unpaired) electrons. The number of pyridine rings is 1. The van der Waals surface area contributed by atoms with E-state index in [-0.39, 0.29) is 12.1 Å². The van der Waals surface area contributed by atoms with Crippen molar-refractivity contribution in [3.8, 4) is 0 Å². The highest BCUT2D eigenvalue weighted by Crippen LogP contribution is 2.43. The van der Waals surface area contributed by atoms with Crippen LogP contribution in [0.25, 0.3) is 0 Å². The van der Waals surface area contributed by atoms with Crippen molar-refractivity contribution < 1.29 is 4.42 Å². The van der Waals surface area contributed by atoms with E-state index in [0.29, 0.717) is 5.11 Å². The third kappa shape index (κ3) is 4.09. The van der Waals surface area contributed by atoms with Crippen molar-refractivity contribution in [2.45, 2.75) is 29.0 Å². The highest BCUT2D eigenvalue weighted by molar-refractivity contribution is 7.99. The number of benzene rings is 2. The van der Waals surface area contributed by atoms with Crippen molar-refractivity contribution in [3.63, 3.8) is 0 Å². The normalized spacial score (nSPS) is 18.2. The van der Waals surface area contributed by atoms with E-state index in [1.54, 1.807) is 11.8 Å². The number of para-hydroxylation sites is 1. The van der Waals surface area contributed by atoms with E-state index in [1.807, 2.05) is 54.7 Å². The van der Waals surface area contributed by atoms with Crippen molar-refractivity contribution >= 4 is 34.8 Å². The topological polar surface area (TPSA) is 41.3 Å². The zero-order valence-electron chi connectivity index (χ0n) is 16.9. The number of hydrogen-bond donors (Lipinski definition) is 1. The molecular weight excluding hydrogens is 422 g/mol. The molecule has 1 aliphatic rings. The molecule has 2 aromatic carbocycles. The second kappa shape index (κ2) is 8.57. The van der Waals surface area contributed by atoms with E-state index in [4.69, 9.17) is 16.6 Å². The highest BCUT2D eigenvalue weighted by atomic mass is 32.2. The van der Waals surface area contributed by atoms with Gasteiger partial charge < -0.3 is 14.6 Å². The number of nitrogens with zero attached hydrogens (tertiary/aromatic N) is 2. The monoisotopic (exact) mass is 443 g/mol. The van der Waals surface area contributed by atoms with Crippen LogP contribution in [-0.4, -0.2) is 10.1 Å². The van der Waals surface area contributed by atoms with Gasteiger partial charge in [0.2, 0.25) is 0 Å². The van der Waals surface area contributed by atoms with Gasteiger partial charge in [-0.15, -0.1) is 0 Å². The van der Waals surface area contributed by atoms with E-state index >= 15 is 0 Å². The Kier molecular flexibility index (Phi) is 5.49. The van der Waals surface area contributed by atoms with Gasteiger partial charge >= 0.3 is 0 Å². The summed E-state index contributed by atoms with van der Waals surface area (Å²) in [6, 6.07) is 28.4. The molecule has 1 N–H and O–H groups in total. The third-order valence-corrected chi connectivity index (χ3v) is 6.51. The molecule has 6 heteroatoms. The number of nitrogens with one attached hydrogen (secondary N) is 1. The zero-order chi connectivity index (χ0) is 21.2. The molecule has 31 heavy (non-hydrogen) atoms. The fraction of sp³-hybridized carbons (Fsp3) is 0.120. The summed E-state index contributed by atoms with van der Waals surface area (Å²) in [6.07, 6.45) is 1.81. The second-order valence-corrected chi connectivity index (χ2v) is 8.87. The van der Waals surface area contributed by atoms with Crippen LogP contribution in [0.4, 0.5) is 5.69 Å². The first-order valence-corrected chi connectivity index (χ1v) is 11.3. The molecule has 0 saturated carbocycles. The third-order valence-electron chi connectivity index (χ3n) is 5.27. The van der Waals surface area contributed by atoms with Gasteiger partial charge in [-0.2, -0.15) is 0 Å². The Labute approximate surface area is 191 Å². The average molecular weight is 444 g/mol. The molecule has 0 aliphatic carbocycles. The minimum Gasteiger partial charge on any atom is -0.452 e. The van der Waals surface area contributed by atoms with Crippen LogP contribution >= 0.6 is 24.0 Å². The Morgan fingerprint density at radius 2 is 1.71 bits per heavy atom. The number of thiocarbonyl (C=S) groups is 1. The predicted octanol–water partition coefficient (Wildman–Crippen LogP) is 6.31. The van der Waals surface area contributed by atoms with Crippen LogP contribution in [0.3, 0.4) is 0 Å². The largest absolute Gasteiger partial charge is 0.452 e. The molecule has 5 rings (SSSR count). The minimum absolute atomic E-state index is 0.114. The van der Waals surface area contributed by atoms with Crippen LogP contribution in [0.15, 0.2) is 106 Å². The van der Waals surface area contributed by atoms with Crippen molar-refractivity contribution in [2.75, 3.05) is 4.90 Å². The zero-order valence-corrected chi connectivity index (χ0v) is 18.6. The molecule has 0 spiro atoms. The molecule has 2 atom stereocenters. The Balaban J connectivity index is 1.51. The molecule has 1 aliphatic heterocycles. The first-order chi connectivity index (χ1) is 15.2. The number of aromatic nitrogens is 1. The molecule has 4 aromatic rings. The summed E-state index contributed by atoms with van der Waals surface area (Å²) in [7, 11) is 0. The van der Waals surface area contributed by atoms with Crippen LogP contribution in [0.5, 0.6) is 0 Å². The lowest BCUT2D eigenvalue weighted by molar-refractivity contribution is 0.383. The van der Waals surface area contributed by atoms with Gasteiger partial charge in [0.15, 0.2) is 10.2 Å². The average Bonchev–Trinajstić information content (AvgIpc) is 3.40. The molecule has 0 bridgehead atoms. The van der Waals surface area contributed by atoms with E-state index in [9.17, 15) is 0 Å². The highest BCUT2D eigenvalue weighted by Gasteiger charge is 2.42. The summed E-state index contributed by atoms with van der Waals surface area (Å²) in [6.45, 7) is 2.09. The number of furan rings is 1. The van der Waals surface area contributed by atoms with Crippen molar-refractivity contribution in [1.29, 1.82) is 0 Å². The van der Waals surface area contributed by atoms with Gasteiger partial charge in [-0.25, -0.2) is 0 Å². The Bertz CT molecular complexity index is 1180. The van der Waals surface area contributed by atoms with Crippen molar-refractivity contribution in [1.82, 2.24) is 10.3 Å². The maximum atomic E-state index is 6.35. The molecule has 0 unspecified atom stereocenters. The Morgan fingerprint density at radius 1 is 0.935 bits per heavy atom. The van der Waals surface area contributed by atoms with Crippen molar-refractivity contribution in [3.05, 3.63) is 108 Å². The second-order valence-electron chi connectivity index (χ2n) is 7.40. The Hall–Kier alpha value is -3.09. The van der Waals surface area contributed by atoms with Crippen LogP contribution in [0.2, 0.25) is 0 Å². The maximum Gasteiger partial charge on any atom is 0.174 e. The van der Waals surface area contributed by atoms with Crippen molar-refractivity contribution in [2.24, 2.45) is 0 Å². The van der Waals surface area contributed by atoms with Gasteiger partial charge in [-0.1, -0.05) is 53.7 Å². The first kappa shape index (κ1) is 19.8. The van der Waals surface area contributed by atoms with Gasteiger partial charge in [0, 0.05) is 16.8 Å². The lowest BCUT2D eigenvalue weighted by atomic mass is 10.0. The van der Waals surface area contributed by atoms with E-state index in [0.717, 1.165) is 27.1 Å². The molecule has 1 fully saturated rings. The SMILES string of the molecule is Cc1ccc(Sc2ccc([C@H]3[C@H](c4ccccn4)NC(=S)N3c3ccccc3)o2)cc1. The quantitative estimate of drug-likeness (QED) is 0.365. The summed E-state index contributed by atoms with van der Waals surface area (Å²) >= 11 is 7.36. The number of rotatable bonds is 5. The van der Waals surface area contributed by atoms with Crippen LogP contribution in [0, 0.1) is 6.92 Å². The predicted molar refractivity (Wildman–Crippen MR) is 128 cm³/mol. The summed E-state index contributed by atoms with van der Waals surface area (Å²) in [5, 5.41) is 4.97. The van der Waals surface area contributed by atoms with Gasteiger partial charge in [0.05, 0.1) is 11.7 Å². The maximum absolute atomic E-state index is 6.35. The molecule has 154 valence electrons. The molecule has 0 amide bonds. The number of aryl methyl sites for hydroxylation is 1. The molecule has 2 aromatic heterocycles. The van der Waals surface area contributed by atoms with Gasteiger partial charge in [0.25, 0.3) is 0 Å². The van der Waals surface area contributed by atoms with Crippen LogP contribution < -0.4 is 10.2 Å². The summed E-state index contributed by atoms with van der Waals surface area (Å²) in [5.41, 5.74) is 3.19. The number of hydrogen-bond acceptors (Lipinski definition) is 4. The fourth-order valence-electron chi connectivity index (χ4n) is 3.78. The van der Waals surface area contributed by atoms with Gasteiger partial charge in [-0.05, 0) is 67.7 Å². The smallest absolute Gasteiger partial charge is 0.174 e. The molecule has 1 saturated heterocycles. The van der Waals surface area contributed by atoms with E-state index in [1.165, 1.54) is 5.56 Å². The van der Waals surface area contributed by atoms with Crippen LogP contribution in [-0.2, 0) is 0 Å². The molecular formula is C25H21N3OS2. The molecule has 3 heterocycles.